The van der Waals surface area contributed by atoms with Gasteiger partial charge in [0.1, 0.15) is 5.01 Å². The molecule has 0 spiro atoms. The second kappa shape index (κ2) is 8.56. The van der Waals surface area contributed by atoms with Crippen molar-refractivity contribution in [1.29, 1.82) is 0 Å². The van der Waals surface area contributed by atoms with Gasteiger partial charge in [0.05, 0.1) is 5.69 Å². The van der Waals surface area contributed by atoms with Gasteiger partial charge in [0.15, 0.2) is 11.5 Å². The number of hydrogen-bond acceptors (Lipinski definition) is 7. The van der Waals surface area contributed by atoms with E-state index in [0.29, 0.717) is 12.8 Å². The fourth-order valence-electron chi connectivity index (χ4n) is 3.61. The van der Waals surface area contributed by atoms with Crippen LogP contribution in [0.3, 0.4) is 0 Å². The van der Waals surface area contributed by atoms with Gasteiger partial charge in [0, 0.05) is 56.3 Å². The molecule has 0 saturated carbocycles. The maximum atomic E-state index is 5.46. The summed E-state index contributed by atoms with van der Waals surface area (Å²) in [5.41, 5.74) is 2.17. The second-order valence-electron chi connectivity index (χ2n) is 7.16. The first-order chi connectivity index (χ1) is 13.2. The maximum Gasteiger partial charge on any atom is 0.231 e. The van der Waals surface area contributed by atoms with E-state index >= 15 is 0 Å². The van der Waals surface area contributed by atoms with Gasteiger partial charge in [-0.2, -0.15) is 0 Å². The van der Waals surface area contributed by atoms with Crippen molar-refractivity contribution in [1.82, 2.24) is 20.1 Å². The first-order valence-corrected chi connectivity index (χ1v) is 10.6. The van der Waals surface area contributed by atoms with E-state index in [0.717, 1.165) is 47.4 Å². The van der Waals surface area contributed by atoms with Crippen LogP contribution < -0.4 is 14.8 Å². The number of rotatable bonds is 7. The Morgan fingerprint density at radius 1 is 1.19 bits per heavy atom. The van der Waals surface area contributed by atoms with Crippen molar-refractivity contribution in [2.45, 2.75) is 26.4 Å². The topological polar surface area (TPSA) is 49.9 Å². The second-order valence-corrected chi connectivity index (χ2v) is 8.02. The van der Waals surface area contributed by atoms with Crippen molar-refractivity contribution in [3.05, 3.63) is 29.3 Å². The molecule has 7 heteroatoms. The lowest BCUT2D eigenvalue weighted by Gasteiger charge is -2.37. The molecule has 146 valence electrons. The minimum atomic E-state index is 0.303. The summed E-state index contributed by atoms with van der Waals surface area (Å²) in [5.74, 6) is 1.62. The van der Waals surface area contributed by atoms with Gasteiger partial charge in [-0.3, -0.25) is 4.90 Å². The summed E-state index contributed by atoms with van der Waals surface area (Å²) in [5, 5.41) is 6.73. The summed E-state index contributed by atoms with van der Waals surface area (Å²) < 4.78 is 10.8. The molecule has 2 aliphatic rings. The molecule has 0 aliphatic carbocycles. The Morgan fingerprint density at radius 3 is 2.81 bits per heavy atom. The smallest absolute Gasteiger partial charge is 0.231 e. The number of likely N-dealkylation sites (N-methyl/N-ethyl adjacent to an activating group) is 1. The number of fused-ring (bicyclic) bond motifs is 1. The van der Waals surface area contributed by atoms with Gasteiger partial charge in [-0.15, -0.1) is 11.3 Å². The first-order valence-electron chi connectivity index (χ1n) is 9.74. The van der Waals surface area contributed by atoms with Crippen molar-refractivity contribution in [2.75, 3.05) is 46.1 Å². The number of nitrogens with zero attached hydrogens (tertiary/aromatic N) is 3. The van der Waals surface area contributed by atoms with Gasteiger partial charge < -0.3 is 19.7 Å². The lowest BCUT2D eigenvalue weighted by molar-refractivity contribution is 0.105. The number of hydrogen-bond donors (Lipinski definition) is 1. The lowest BCUT2D eigenvalue weighted by atomic mass is 10.2. The van der Waals surface area contributed by atoms with Crippen molar-refractivity contribution < 1.29 is 9.47 Å². The van der Waals surface area contributed by atoms with Crippen LogP contribution in [-0.2, 0) is 6.54 Å². The highest BCUT2D eigenvalue weighted by Gasteiger charge is 2.20. The van der Waals surface area contributed by atoms with Crippen LogP contribution in [0.5, 0.6) is 11.5 Å². The molecule has 1 aromatic heterocycles. The van der Waals surface area contributed by atoms with Crippen molar-refractivity contribution in [3.8, 4) is 22.1 Å². The Morgan fingerprint density at radius 2 is 2.00 bits per heavy atom. The van der Waals surface area contributed by atoms with Crippen molar-refractivity contribution in [3.63, 3.8) is 0 Å². The Kier molecular flexibility index (Phi) is 5.92. The average Bonchev–Trinajstić information content (AvgIpc) is 3.36. The number of benzene rings is 1. The molecule has 1 fully saturated rings. The van der Waals surface area contributed by atoms with E-state index in [2.05, 4.69) is 34.3 Å². The van der Waals surface area contributed by atoms with E-state index in [4.69, 9.17) is 14.5 Å². The number of aromatic nitrogens is 1. The summed E-state index contributed by atoms with van der Waals surface area (Å²) >= 11 is 1.67. The summed E-state index contributed by atoms with van der Waals surface area (Å²) in [6, 6.07) is 6.56. The lowest BCUT2D eigenvalue weighted by Crippen LogP contribution is -2.51. The molecule has 6 nitrogen and oxygen atoms in total. The molecule has 1 atom stereocenters. The molecule has 1 aromatic carbocycles. The molecule has 3 heterocycles. The fraction of sp³-hybridized carbons (Fsp3) is 0.550. The number of piperazine rings is 1. The zero-order valence-electron chi connectivity index (χ0n) is 16.1. The standard InChI is InChI=1S/C20H28N4O2S/c1-3-23-6-8-24(9-7-23)15(2)11-21-12-17-13-27-20(22-17)16-4-5-18-19(10-16)26-14-25-18/h4-5,10,13,15,21H,3,6-9,11-12,14H2,1-2H3. The molecule has 2 aliphatic heterocycles. The number of thiazole rings is 1. The molecule has 1 N–H and O–H groups in total. The monoisotopic (exact) mass is 388 g/mol. The van der Waals surface area contributed by atoms with Crippen molar-refractivity contribution >= 4 is 11.3 Å². The Balaban J connectivity index is 1.26. The highest BCUT2D eigenvalue weighted by molar-refractivity contribution is 7.13. The quantitative estimate of drug-likeness (QED) is 0.787. The van der Waals surface area contributed by atoms with E-state index in [1.54, 1.807) is 11.3 Å². The minimum absolute atomic E-state index is 0.303. The third-order valence-corrected chi connectivity index (χ3v) is 6.33. The highest BCUT2D eigenvalue weighted by Crippen LogP contribution is 2.36. The van der Waals surface area contributed by atoms with Crippen LogP contribution in [0.25, 0.3) is 10.6 Å². The summed E-state index contributed by atoms with van der Waals surface area (Å²) in [7, 11) is 0. The van der Waals surface area contributed by atoms with E-state index in [1.165, 1.54) is 26.2 Å². The average molecular weight is 389 g/mol. The van der Waals surface area contributed by atoms with E-state index in [9.17, 15) is 0 Å². The largest absolute Gasteiger partial charge is 0.454 e. The molecule has 0 amide bonds. The fourth-order valence-corrected chi connectivity index (χ4v) is 4.43. The van der Waals surface area contributed by atoms with E-state index in [1.807, 2.05) is 18.2 Å². The number of nitrogens with one attached hydrogen (secondary N) is 1. The van der Waals surface area contributed by atoms with Crippen LogP contribution in [0.1, 0.15) is 19.5 Å². The first kappa shape index (κ1) is 18.7. The molecule has 2 aromatic rings. The zero-order valence-corrected chi connectivity index (χ0v) is 16.9. The highest BCUT2D eigenvalue weighted by atomic mass is 32.1. The molecular formula is C20H28N4O2S. The molecular weight excluding hydrogens is 360 g/mol. The molecule has 27 heavy (non-hydrogen) atoms. The van der Waals surface area contributed by atoms with Crippen LogP contribution in [-0.4, -0.2) is 66.9 Å². The third kappa shape index (κ3) is 4.43. The predicted octanol–water partition coefficient (Wildman–Crippen LogP) is 2.65. The SMILES string of the molecule is CCN1CCN(C(C)CNCc2csc(-c3ccc4c(c3)OCO4)n2)CC1. The van der Waals surface area contributed by atoms with Crippen LogP contribution >= 0.6 is 11.3 Å². The van der Waals surface area contributed by atoms with Gasteiger partial charge in [0.2, 0.25) is 6.79 Å². The normalized spacial score (nSPS) is 18.7. The number of ether oxygens (including phenoxy) is 2. The molecule has 0 bridgehead atoms. The van der Waals surface area contributed by atoms with Crippen LogP contribution in [0.4, 0.5) is 0 Å². The van der Waals surface area contributed by atoms with Gasteiger partial charge in [-0.05, 0) is 31.7 Å². The summed E-state index contributed by atoms with van der Waals surface area (Å²) in [4.78, 5) is 9.87. The zero-order chi connectivity index (χ0) is 18.6. The molecule has 4 rings (SSSR count). The van der Waals surface area contributed by atoms with Gasteiger partial charge in [0.25, 0.3) is 0 Å². The summed E-state index contributed by atoms with van der Waals surface area (Å²) in [6.07, 6.45) is 0. The van der Waals surface area contributed by atoms with E-state index < -0.39 is 0 Å². The van der Waals surface area contributed by atoms with E-state index in [-0.39, 0.29) is 0 Å². The Bertz CT molecular complexity index is 758. The molecule has 0 radical (unpaired) electrons. The van der Waals surface area contributed by atoms with Gasteiger partial charge in [-0.25, -0.2) is 4.98 Å². The minimum Gasteiger partial charge on any atom is -0.454 e. The third-order valence-electron chi connectivity index (χ3n) is 5.39. The van der Waals surface area contributed by atoms with Gasteiger partial charge in [-0.1, -0.05) is 6.92 Å². The van der Waals surface area contributed by atoms with Crippen molar-refractivity contribution in [2.24, 2.45) is 0 Å². The summed E-state index contributed by atoms with van der Waals surface area (Å²) in [6.45, 7) is 12.5. The molecule has 1 unspecified atom stereocenters. The predicted molar refractivity (Wildman–Crippen MR) is 109 cm³/mol. The van der Waals surface area contributed by atoms with Crippen LogP contribution in [0.2, 0.25) is 0 Å². The van der Waals surface area contributed by atoms with Crippen LogP contribution in [0, 0.1) is 0 Å². The Hall–Kier alpha value is -1.67. The Labute approximate surface area is 165 Å². The van der Waals surface area contributed by atoms with Crippen LogP contribution in [0.15, 0.2) is 23.6 Å². The molecule has 1 saturated heterocycles. The van der Waals surface area contributed by atoms with Gasteiger partial charge >= 0.3 is 0 Å². The maximum absolute atomic E-state index is 5.46.